The quantitative estimate of drug-likeness (QED) is 0.793. The van der Waals surface area contributed by atoms with Crippen molar-refractivity contribution in [3.05, 3.63) is 29.3 Å². The summed E-state index contributed by atoms with van der Waals surface area (Å²) in [5, 5.41) is 12.9. The van der Waals surface area contributed by atoms with Gasteiger partial charge in [-0.25, -0.2) is 0 Å². The summed E-state index contributed by atoms with van der Waals surface area (Å²) >= 11 is 0. The average Bonchev–Trinajstić information content (AvgIpc) is 2.27. The molecule has 0 radical (unpaired) electrons. The standard InChI is InChI=1S/C13H19NO2/c1-9-3-4-11(7-10(9)2)16-13-5-6-14-8-12(13)15/h3-4,7,12-15H,5-6,8H2,1-2H3/t12-,13+/m0/s1. The number of rotatable bonds is 2. The highest BCUT2D eigenvalue weighted by molar-refractivity contribution is 5.34. The van der Waals surface area contributed by atoms with E-state index >= 15 is 0 Å². The molecule has 88 valence electrons. The molecular formula is C13H19NO2. The normalized spacial score (nSPS) is 25.4. The van der Waals surface area contributed by atoms with Crippen molar-refractivity contribution >= 4 is 0 Å². The van der Waals surface area contributed by atoms with Crippen LogP contribution in [0.1, 0.15) is 17.5 Å². The van der Waals surface area contributed by atoms with E-state index in [4.69, 9.17) is 4.74 Å². The molecule has 16 heavy (non-hydrogen) atoms. The van der Waals surface area contributed by atoms with Gasteiger partial charge in [-0.3, -0.25) is 0 Å². The Balaban J connectivity index is 2.05. The van der Waals surface area contributed by atoms with Crippen molar-refractivity contribution in [2.45, 2.75) is 32.5 Å². The second-order valence-electron chi connectivity index (χ2n) is 4.46. The molecule has 1 fully saturated rings. The largest absolute Gasteiger partial charge is 0.488 e. The lowest BCUT2D eigenvalue weighted by Crippen LogP contribution is -2.46. The zero-order valence-corrected chi connectivity index (χ0v) is 9.86. The highest BCUT2D eigenvalue weighted by Crippen LogP contribution is 2.20. The van der Waals surface area contributed by atoms with E-state index in [-0.39, 0.29) is 6.10 Å². The van der Waals surface area contributed by atoms with Gasteiger partial charge in [0.25, 0.3) is 0 Å². The van der Waals surface area contributed by atoms with Crippen LogP contribution in [0.25, 0.3) is 0 Å². The van der Waals surface area contributed by atoms with Crippen LogP contribution in [-0.4, -0.2) is 30.4 Å². The Morgan fingerprint density at radius 2 is 2.12 bits per heavy atom. The number of nitrogens with one attached hydrogen (secondary N) is 1. The molecule has 0 unspecified atom stereocenters. The van der Waals surface area contributed by atoms with Crippen LogP contribution in [0.2, 0.25) is 0 Å². The van der Waals surface area contributed by atoms with Crippen molar-refractivity contribution in [2.24, 2.45) is 0 Å². The monoisotopic (exact) mass is 221 g/mol. The first kappa shape index (κ1) is 11.4. The van der Waals surface area contributed by atoms with Gasteiger partial charge >= 0.3 is 0 Å². The lowest BCUT2D eigenvalue weighted by molar-refractivity contribution is 0.0162. The number of β-amino-alcohol motifs (C(OH)–C–C–N with tert-alkyl or cyclic N) is 1. The highest BCUT2D eigenvalue weighted by Gasteiger charge is 2.24. The summed E-state index contributed by atoms with van der Waals surface area (Å²) in [6.07, 6.45) is 0.368. The van der Waals surface area contributed by atoms with E-state index in [1.165, 1.54) is 11.1 Å². The number of hydrogen-bond donors (Lipinski definition) is 2. The Morgan fingerprint density at radius 1 is 1.31 bits per heavy atom. The molecule has 0 bridgehead atoms. The predicted molar refractivity (Wildman–Crippen MR) is 63.8 cm³/mol. The van der Waals surface area contributed by atoms with E-state index in [1.807, 2.05) is 12.1 Å². The number of aliphatic hydroxyl groups is 1. The zero-order valence-electron chi connectivity index (χ0n) is 9.86. The molecule has 1 aromatic carbocycles. The summed E-state index contributed by atoms with van der Waals surface area (Å²) in [5.74, 6) is 0.856. The van der Waals surface area contributed by atoms with Crippen LogP contribution in [0, 0.1) is 13.8 Å². The molecule has 1 heterocycles. The Labute approximate surface area is 96.4 Å². The van der Waals surface area contributed by atoms with Crippen LogP contribution in [0.4, 0.5) is 0 Å². The SMILES string of the molecule is Cc1ccc(O[C@@H]2CCNC[C@@H]2O)cc1C. The predicted octanol–water partition coefficient (Wildman–Crippen LogP) is 1.41. The van der Waals surface area contributed by atoms with E-state index in [9.17, 15) is 5.11 Å². The molecule has 1 aliphatic rings. The van der Waals surface area contributed by atoms with Crippen molar-refractivity contribution in [1.82, 2.24) is 5.32 Å². The topological polar surface area (TPSA) is 41.5 Å². The zero-order chi connectivity index (χ0) is 11.5. The second-order valence-corrected chi connectivity index (χ2v) is 4.46. The second kappa shape index (κ2) is 4.85. The van der Waals surface area contributed by atoms with Crippen molar-refractivity contribution in [3.8, 4) is 5.75 Å². The van der Waals surface area contributed by atoms with E-state index in [0.29, 0.717) is 6.54 Å². The first-order chi connectivity index (χ1) is 7.66. The van der Waals surface area contributed by atoms with Crippen LogP contribution >= 0.6 is 0 Å². The third-order valence-corrected chi connectivity index (χ3v) is 3.15. The minimum atomic E-state index is -0.407. The molecule has 3 nitrogen and oxygen atoms in total. The molecule has 1 aromatic rings. The number of ether oxygens (including phenoxy) is 1. The minimum absolute atomic E-state index is 0.0802. The summed E-state index contributed by atoms with van der Waals surface area (Å²) in [5.41, 5.74) is 2.49. The van der Waals surface area contributed by atoms with Crippen LogP contribution in [-0.2, 0) is 0 Å². The van der Waals surface area contributed by atoms with E-state index in [2.05, 4.69) is 25.2 Å². The Bertz CT molecular complexity index is 365. The third kappa shape index (κ3) is 2.54. The maximum atomic E-state index is 9.77. The summed E-state index contributed by atoms with van der Waals surface area (Å²) in [7, 11) is 0. The van der Waals surface area contributed by atoms with Crippen LogP contribution in [0.5, 0.6) is 5.75 Å². The van der Waals surface area contributed by atoms with Gasteiger partial charge in [0.15, 0.2) is 0 Å². The van der Waals surface area contributed by atoms with Crippen molar-refractivity contribution in [3.63, 3.8) is 0 Å². The minimum Gasteiger partial charge on any atom is -0.488 e. The molecule has 3 heteroatoms. The molecule has 2 rings (SSSR count). The Hall–Kier alpha value is -1.06. The lowest BCUT2D eigenvalue weighted by Gasteiger charge is -2.29. The lowest BCUT2D eigenvalue weighted by atomic mass is 10.1. The smallest absolute Gasteiger partial charge is 0.127 e. The summed E-state index contributed by atoms with van der Waals surface area (Å²) in [4.78, 5) is 0. The van der Waals surface area contributed by atoms with Crippen molar-refractivity contribution in [2.75, 3.05) is 13.1 Å². The Morgan fingerprint density at radius 3 is 2.81 bits per heavy atom. The number of aryl methyl sites for hydroxylation is 2. The van der Waals surface area contributed by atoms with Crippen LogP contribution in [0.3, 0.4) is 0 Å². The highest BCUT2D eigenvalue weighted by atomic mass is 16.5. The molecule has 1 saturated heterocycles. The van der Waals surface area contributed by atoms with E-state index in [0.717, 1.165) is 18.7 Å². The third-order valence-electron chi connectivity index (χ3n) is 3.15. The number of aliphatic hydroxyl groups excluding tert-OH is 1. The maximum Gasteiger partial charge on any atom is 0.127 e. The maximum absolute atomic E-state index is 9.77. The molecule has 1 aliphatic heterocycles. The number of benzene rings is 1. The molecule has 0 saturated carbocycles. The first-order valence-electron chi connectivity index (χ1n) is 5.79. The van der Waals surface area contributed by atoms with Gasteiger partial charge in [-0.2, -0.15) is 0 Å². The van der Waals surface area contributed by atoms with Crippen LogP contribution < -0.4 is 10.1 Å². The molecule has 2 N–H and O–H groups in total. The molecule has 0 amide bonds. The van der Waals surface area contributed by atoms with Gasteiger partial charge < -0.3 is 15.2 Å². The van der Waals surface area contributed by atoms with Crippen LogP contribution in [0.15, 0.2) is 18.2 Å². The molecule has 2 atom stereocenters. The van der Waals surface area contributed by atoms with Gasteiger partial charge in [0.05, 0.1) is 0 Å². The fourth-order valence-electron chi connectivity index (χ4n) is 1.92. The summed E-state index contributed by atoms with van der Waals surface area (Å²) in [6.45, 7) is 5.68. The van der Waals surface area contributed by atoms with Crippen molar-refractivity contribution in [1.29, 1.82) is 0 Å². The van der Waals surface area contributed by atoms with E-state index < -0.39 is 6.10 Å². The van der Waals surface area contributed by atoms with Gasteiger partial charge in [-0.05, 0) is 50.1 Å². The first-order valence-corrected chi connectivity index (χ1v) is 5.79. The fourth-order valence-corrected chi connectivity index (χ4v) is 1.92. The number of piperidine rings is 1. The Kier molecular flexibility index (Phi) is 3.46. The van der Waals surface area contributed by atoms with Gasteiger partial charge in [-0.1, -0.05) is 6.07 Å². The summed E-state index contributed by atoms with van der Waals surface area (Å²) < 4.78 is 5.81. The molecule has 0 aromatic heterocycles. The van der Waals surface area contributed by atoms with Gasteiger partial charge in [0.2, 0.25) is 0 Å². The molecule has 0 spiro atoms. The number of hydrogen-bond acceptors (Lipinski definition) is 3. The van der Waals surface area contributed by atoms with Gasteiger partial charge in [0, 0.05) is 6.54 Å². The average molecular weight is 221 g/mol. The summed E-state index contributed by atoms with van der Waals surface area (Å²) in [6, 6.07) is 6.05. The van der Waals surface area contributed by atoms with Gasteiger partial charge in [-0.15, -0.1) is 0 Å². The fraction of sp³-hybridized carbons (Fsp3) is 0.538. The molecule has 0 aliphatic carbocycles. The molecular weight excluding hydrogens is 202 g/mol. The van der Waals surface area contributed by atoms with Crippen molar-refractivity contribution < 1.29 is 9.84 Å². The van der Waals surface area contributed by atoms with E-state index in [1.54, 1.807) is 0 Å². The van der Waals surface area contributed by atoms with Gasteiger partial charge in [0.1, 0.15) is 18.0 Å².